The van der Waals surface area contributed by atoms with Crippen LogP contribution in [0.3, 0.4) is 0 Å². The molecule has 74 valence electrons. The van der Waals surface area contributed by atoms with E-state index in [0.717, 1.165) is 5.69 Å². The minimum absolute atomic E-state index is 0.00847. The zero-order valence-corrected chi connectivity index (χ0v) is 8.14. The fourth-order valence-corrected chi connectivity index (χ4v) is 1.11. The van der Waals surface area contributed by atoms with Crippen molar-refractivity contribution in [3.8, 4) is 0 Å². The van der Waals surface area contributed by atoms with Gasteiger partial charge in [-0.1, -0.05) is 0 Å². The van der Waals surface area contributed by atoms with Crippen molar-refractivity contribution in [3.05, 3.63) is 18.0 Å². The highest BCUT2D eigenvalue weighted by Gasteiger charge is 2.06. The Balaban J connectivity index is 2.58. The van der Waals surface area contributed by atoms with Gasteiger partial charge in [-0.15, -0.1) is 0 Å². The molecule has 1 atom stereocenters. The molecular formula is C9H17N3O. The predicted molar refractivity (Wildman–Crippen MR) is 51.4 cm³/mol. The molecule has 4 nitrogen and oxygen atoms in total. The monoisotopic (exact) mass is 183 g/mol. The molecule has 4 heteroatoms. The molecule has 0 radical (unpaired) electrons. The molecular weight excluding hydrogens is 166 g/mol. The molecule has 0 saturated heterocycles. The summed E-state index contributed by atoms with van der Waals surface area (Å²) in [4.78, 5) is 0. The summed E-state index contributed by atoms with van der Waals surface area (Å²) in [7, 11) is 0. The van der Waals surface area contributed by atoms with Gasteiger partial charge in [0.1, 0.15) is 0 Å². The highest BCUT2D eigenvalue weighted by Crippen LogP contribution is 2.05. The van der Waals surface area contributed by atoms with Gasteiger partial charge in [-0.25, -0.2) is 0 Å². The molecule has 1 unspecified atom stereocenters. The maximum atomic E-state index is 8.75. The minimum Gasteiger partial charge on any atom is -0.395 e. The molecule has 1 heterocycles. The molecule has 0 amide bonds. The van der Waals surface area contributed by atoms with E-state index in [1.54, 1.807) is 0 Å². The molecule has 0 aliphatic heterocycles. The first-order valence-corrected chi connectivity index (χ1v) is 4.54. The topological polar surface area (TPSA) is 64.1 Å². The standard InChI is InChI=1S/C9H17N3O/c1-7(2)12-4-3-9(11-12)5-8(10)6-13/h3-4,7-8,13H,5-6,10H2,1-2H3. The lowest BCUT2D eigenvalue weighted by atomic mass is 10.2. The summed E-state index contributed by atoms with van der Waals surface area (Å²) in [5.41, 5.74) is 6.53. The first-order valence-electron chi connectivity index (χ1n) is 4.54. The number of nitrogens with zero attached hydrogens (tertiary/aromatic N) is 2. The first kappa shape index (κ1) is 10.2. The molecule has 3 N–H and O–H groups in total. The Morgan fingerprint density at radius 3 is 2.77 bits per heavy atom. The average molecular weight is 183 g/mol. The Morgan fingerprint density at radius 1 is 1.62 bits per heavy atom. The number of aliphatic hydroxyl groups is 1. The van der Waals surface area contributed by atoms with E-state index in [9.17, 15) is 0 Å². The van der Waals surface area contributed by atoms with Crippen molar-refractivity contribution in [1.29, 1.82) is 0 Å². The number of aromatic nitrogens is 2. The van der Waals surface area contributed by atoms with Crippen molar-refractivity contribution in [2.24, 2.45) is 5.73 Å². The largest absolute Gasteiger partial charge is 0.395 e. The van der Waals surface area contributed by atoms with Gasteiger partial charge in [-0.2, -0.15) is 5.10 Å². The third kappa shape index (κ3) is 2.82. The summed E-state index contributed by atoms with van der Waals surface area (Å²) in [6.07, 6.45) is 2.57. The quantitative estimate of drug-likeness (QED) is 0.707. The van der Waals surface area contributed by atoms with Gasteiger partial charge in [0.05, 0.1) is 12.3 Å². The van der Waals surface area contributed by atoms with E-state index >= 15 is 0 Å². The van der Waals surface area contributed by atoms with Gasteiger partial charge in [0.15, 0.2) is 0 Å². The van der Waals surface area contributed by atoms with E-state index in [0.29, 0.717) is 12.5 Å². The maximum Gasteiger partial charge on any atom is 0.0641 e. The van der Waals surface area contributed by atoms with E-state index in [2.05, 4.69) is 18.9 Å². The summed E-state index contributed by atoms with van der Waals surface area (Å²) in [6.45, 7) is 4.15. The fraction of sp³-hybridized carbons (Fsp3) is 0.667. The van der Waals surface area contributed by atoms with Gasteiger partial charge in [-0.05, 0) is 19.9 Å². The van der Waals surface area contributed by atoms with Crippen molar-refractivity contribution >= 4 is 0 Å². The number of aliphatic hydroxyl groups excluding tert-OH is 1. The normalized spacial score (nSPS) is 13.6. The van der Waals surface area contributed by atoms with Crippen molar-refractivity contribution < 1.29 is 5.11 Å². The second-order valence-electron chi connectivity index (χ2n) is 3.53. The van der Waals surface area contributed by atoms with Gasteiger partial charge < -0.3 is 10.8 Å². The summed E-state index contributed by atoms with van der Waals surface area (Å²) in [6, 6.07) is 2.12. The van der Waals surface area contributed by atoms with Crippen molar-refractivity contribution in [2.45, 2.75) is 32.4 Å². The van der Waals surface area contributed by atoms with Gasteiger partial charge in [0.25, 0.3) is 0 Å². The van der Waals surface area contributed by atoms with Crippen LogP contribution >= 0.6 is 0 Å². The van der Waals surface area contributed by atoms with Crippen LogP contribution in [0.4, 0.5) is 0 Å². The Bertz CT molecular complexity index is 257. The van der Waals surface area contributed by atoms with Crippen molar-refractivity contribution in [3.63, 3.8) is 0 Å². The number of hydrogen-bond donors (Lipinski definition) is 2. The van der Waals surface area contributed by atoms with Crippen LogP contribution in [0.2, 0.25) is 0 Å². The van der Waals surface area contributed by atoms with Gasteiger partial charge in [0, 0.05) is 24.7 Å². The molecule has 0 spiro atoms. The van der Waals surface area contributed by atoms with E-state index in [1.165, 1.54) is 0 Å². The van der Waals surface area contributed by atoms with Gasteiger partial charge >= 0.3 is 0 Å². The molecule has 13 heavy (non-hydrogen) atoms. The van der Waals surface area contributed by atoms with Crippen molar-refractivity contribution in [2.75, 3.05) is 6.61 Å². The third-order valence-electron chi connectivity index (χ3n) is 1.90. The molecule has 0 bridgehead atoms. The summed E-state index contributed by atoms with van der Waals surface area (Å²) >= 11 is 0. The second kappa shape index (κ2) is 4.39. The van der Waals surface area contributed by atoms with Crippen LogP contribution in [0.25, 0.3) is 0 Å². The van der Waals surface area contributed by atoms with Crippen LogP contribution in [0.15, 0.2) is 12.3 Å². The highest BCUT2D eigenvalue weighted by atomic mass is 16.3. The number of rotatable bonds is 4. The molecule has 0 saturated carbocycles. The van der Waals surface area contributed by atoms with E-state index < -0.39 is 0 Å². The van der Waals surface area contributed by atoms with Crippen LogP contribution in [0.1, 0.15) is 25.6 Å². The van der Waals surface area contributed by atoms with Gasteiger partial charge in [-0.3, -0.25) is 4.68 Å². The Labute approximate surface area is 78.4 Å². The van der Waals surface area contributed by atoms with Crippen LogP contribution in [0, 0.1) is 0 Å². The molecule has 0 fully saturated rings. The lowest BCUT2D eigenvalue weighted by molar-refractivity contribution is 0.264. The van der Waals surface area contributed by atoms with Gasteiger partial charge in [0.2, 0.25) is 0 Å². The second-order valence-corrected chi connectivity index (χ2v) is 3.53. The molecule has 1 aromatic rings. The van der Waals surface area contributed by atoms with Crippen LogP contribution in [0.5, 0.6) is 0 Å². The van der Waals surface area contributed by atoms with Crippen LogP contribution < -0.4 is 5.73 Å². The third-order valence-corrected chi connectivity index (χ3v) is 1.90. The zero-order chi connectivity index (χ0) is 9.84. The smallest absolute Gasteiger partial charge is 0.0641 e. The molecule has 0 aliphatic rings. The van der Waals surface area contributed by atoms with E-state index in [4.69, 9.17) is 10.8 Å². The molecule has 1 rings (SSSR count). The Morgan fingerprint density at radius 2 is 2.31 bits per heavy atom. The lowest BCUT2D eigenvalue weighted by Crippen LogP contribution is -2.27. The Hall–Kier alpha value is -0.870. The molecule has 0 aromatic carbocycles. The fourth-order valence-electron chi connectivity index (χ4n) is 1.11. The van der Waals surface area contributed by atoms with Crippen LogP contribution in [-0.4, -0.2) is 27.5 Å². The first-order chi connectivity index (χ1) is 6.13. The van der Waals surface area contributed by atoms with E-state index in [-0.39, 0.29) is 12.6 Å². The summed E-state index contributed by atoms with van der Waals surface area (Å²) < 4.78 is 1.89. The van der Waals surface area contributed by atoms with Crippen LogP contribution in [-0.2, 0) is 6.42 Å². The maximum absolute atomic E-state index is 8.75. The zero-order valence-electron chi connectivity index (χ0n) is 8.14. The summed E-state index contributed by atoms with van der Waals surface area (Å²) in [5.74, 6) is 0. The highest BCUT2D eigenvalue weighted by molar-refractivity contribution is 5.01. The Kier molecular flexibility index (Phi) is 3.45. The molecule has 1 aromatic heterocycles. The predicted octanol–water partition coefficient (Wildman–Crippen LogP) is 0.326. The number of nitrogens with two attached hydrogens (primary N) is 1. The van der Waals surface area contributed by atoms with E-state index in [1.807, 2.05) is 16.9 Å². The average Bonchev–Trinajstić information content (AvgIpc) is 2.52. The SMILES string of the molecule is CC(C)n1ccc(CC(N)CO)n1. The molecule has 0 aliphatic carbocycles. The number of hydrogen-bond acceptors (Lipinski definition) is 3. The summed E-state index contributed by atoms with van der Waals surface area (Å²) in [5, 5.41) is 13.1. The van der Waals surface area contributed by atoms with Crippen molar-refractivity contribution in [1.82, 2.24) is 9.78 Å². The lowest BCUT2D eigenvalue weighted by Gasteiger charge is -2.06. The minimum atomic E-state index is -0.199.